The van der Waals surface area contributed by atoms with Gasteiger partial charge in [0.2, 0.25) is 0 Å². The molecule has 30 heavy (non-hydrogen) atoms. The van der Waals surface area contributed by atoms with Crippen LogP contribution < -0.4 is 0 Å². The van der Waals surface area contributed by atoms with Gasteiger partial charge in [0.15, 0.2) is 0 Å². The maximum Gasteiger partial charge on any atom is 0.00552 e. The third-order valence-corrected chi connectivity index (χ3v) is 7.17. The van der Waals surface area contributed by atoms with Crippen molar-refractivity contribution in [3.63, 3.8) is 0 Å². The van der Waals surface area contributed by atoms with Crippen LogP contribution >= 0.6 is 0 Å². The van der Waals surface area contributed by atoms with Gasteiger partial charge in [-0.25, -0.2) is 0 Å². The van der Waals surface area contributed by atoms with Gasteiger partial charge in [0.25, 0.3) is 0 Å². The van der Waals surface area contributed by atoms with Crippen LogP contribution in [0.3, 0.4) is 0 Å². The van der Waals surface area contributed by atoms with E-state index in [2.05, 4.69) is 101 Å². The highest BCUT2D eigenvalue weighted by Gasteiger charge is 2.28. The lowest BCUT2D eigenvalue weighted by atomic mass is 9.84. The fraction of sp³-hybridized carbons (Fsp3) is 0.267. The number of rotatable bonds is 4. The number of benzene rings is 3. The highest BCUT2D eigenvalue weighted by atomic mass is 14.3. The number of hydrogen-bond acceptors (Lipinski definition) is 0. The van der Waals surface area contributed by atoms with Crippen LogP contribution in [0.1, 0.15) is 71.9 Å². The van der Waals surface area contributed by atoms with Gasteiger partial charge in [-0.3, -0.25) is 0 Å². The molecule has 0 fully saturated rings. The average molecular weight is 391 g/mol. The van der Waals surface area contributed by atoms with Gasteiger partial charge in [0, 0.05) is 11.8 Å². The molecule has 150 valence electrons. The van der Waals surface area contributed by atoms with E-state index >= 15 is 0 Å². The summed E-state index contributed by atoms with van der Waals surface area (Å²) >= 11 is 0. The van der Waals surface area contributed by atoms with Crippen LogP contribution in [0.4, 0.5) is 0 Å². The SMILES string of the molecule is CC1=Cc2ccccc2C1CCC1C(C)=Cc2c(-c3cc(C)ccc3C)cccc21. The summed E-state index contributed by atoms with van der Waals surface area (Å²) in [6, 6.07) is 22.6. The molecule has 0 aromatic heterocycles. The molecule has 0 nitrogen and oxygen atoms in total. The van der Waals surface area contributed by atoms with Crippen molar-refractivity contribution in [1.29, 1.82) is 0 Å². The number of fused-ring (bicyclic) bond motifs is 2. The molecule has 0 amide bonds. The van der Waals surface area contributed by atoms with Crippen LogP contribution in [0, 0.1) is 13.8 Å². The highest BCUT2D eigenvalue weighted by molar-refractivity contribution is 5.83. The minimum atomic E-state index is 0.533. The van der Waals surface area contributed by atoms with E-state index in [0.29, 0.717) is 11.8 Å². The zero-order valence-corrected chi connectivity index (χ0v) is 18.5. The molecule has 5 rings (SSSR count). The van der Waals surface area contributed by atoms with E-state index in [1.165, 1.54) is 68.5 Å². The highest BCUT2D eigenvalue weighted by Crippen LogP contribution is 2.46. The molecule has 0 saturated heterocycles. The van der Waals surface area contributed by atoms with Gasteiger partial charge in [-0.2, -0.15) is 0 Å². The molecule has 2 aliphatic carbocycles. The summed E-state index contributed by atoms with van der Waals surface area (Å²) in [6.45, 7) is 9.03. The molecule has 0 aliphatic heterocycles. The Morgan fingerprint density at radius 1 is 0.633 bits per heavy atom. The van der Waals surface area contributed by atoms with Gasteiger partial charge in [0.1, 0.15) is 0 Å². The number of aryl methyl sites for hydroxylation is 2. The van der Waals surface area contributed by atoms with Crippen molar-refractivity contribution in [3.05, 3.63) is 105 Å². The van der Waals surface area contributed by atoms with Gasteiger partial charge in [-0.1, -0.05) is 89.5 Å². The maximum atomic E-state index is 2.45. The summed E-state index contributed by atoms with van der Waals surface area (Å²) in [5.41, 5.74) is 14.3. The van der Waals surface area contributed by atoms with Crippen molar-refractivity contribution < 1.29 is 0 Å². The molecule has 2 atom stereocenters. The van der Waals surface area contributed by atoms with E-state index in [1.807, 2.05) is 0 Å². The fourth-order valence-corrected chi connectivity index (χ4v) is 5.53. The third-order valence-electron chi connectivity index (χ3n) is 7.17. The van der Waals surface area contributed by atoms with E-state index in [1.54, 1.807) is 0 Å². The fourth-order valence-electron chi connectivity index (χ4n) is 5.53. The molecule has 0 spiro atoms. The summed E-state index contributed by atoms with van der Waals surface area (Å²) in [5.74, 6) is 1.10. The molecule has 0 bridgehead atoms. The standard InChI is InChI=1S/C30H30/c1-19-12-13-20(2)29(16-19)28-11-7-10-27-25(22(4)18-30(27)28)15-14-24-21(3)17-23-8-5-6-9-26(23)24/h5-13,16-18,24-25H,14-15H2,1-4H3. The normalized spacial score (nSPS) is 19.3. The molecule has 2 aliphatic rings. The Labute approximate surface area is 181 Å². The molecule has 0 heterocycles. The van der Waals surface area contributed by atoms with Crippen molar-refractivity contribution in [2.24, 2.45) is 0 Å². The lowest BCUT2D eigenvalue weighted by Gasteiger charge is -2.20. The first-order valence-electron chi connectivity index (χ1n) is 11.2. The second kappa shape index (κ2) is 7.43. The second-order valence-electron chi connectivity index (χ2n) is 9.21. The monoisotopic (exact) mass is 390 g/mol. The minimum absolute atomic E-state index is 0.533. The number of allylic oxidation sites excluding steroid dienone is 2. The van der Waals surface area contributed by atoms with E-state index in [9.17, 15) is 0 Å². The van der Waals surface area contributed by atoms with Crippen LogP contribution in [-0.2, 0) is 0 Å². The lowest BCUT2D eigenvalue weighted by Crippen LogP contribution is -2.03. The van der Waals surface area contributed by atoms with E-state index < -0.39 is 0 Å². The predicted octanol–water partition coefficient (Wildman–Crippen LogP) is 8.45. The predicted molar refractivity (Wildman–Crippen MR) is 130 cm³/mol. The van der Waals surface area contributed by atoms with E-state index in [4.69, 9.17) is 0 Å². The Morgan fingerprint density at radius 2 is 1.33 bits per heavy atom. The number of hydrogen-bond donors (Lipinski definition) is 0. The van der Waals surface area contributed by atoms with Crippen molar-refractivity contribution in [1.82, 2.24) is 0 Å². The molecule has 0 N–H and O–H groups in total. The Hall–Kier alpha value is -2.86. The minimum Gasteiger partial charge on any atom is -0.0652 e. The topological polar surface area (TPSA) is 0 Å². The zero-order chi connectivity index (χ0) is 20.8. The van der Waals surface area contributed by atoms with Gasteiger partial charge in [-0.15, -0.1) is 0 Å². The Kier molecular flexibility index (Phi) is 4.74. The summed E-state index contributed by atoms with van der Waals surface area (Å²) in [4.78, 5) is 0. The Bertz CT molecular complexity index is 1190. The molecule has 2 unspecified atom stereocenters. The van der Waals surface area contributed by atoms with E-state index in [-0.39, 0.29) is 0 Å². The molecule has 3 aromatic rings. The van der Waals surface area contributed by atoms with Crippen LogP contribution in [-0.4, -0.2) is 0 Å². The summed E-state index contributed by atoms with van der Waals surface area (Å²) in [5, 5.41) is 0. The second-order valence-corrected chi connectivity index (χ2v) is 9.21. The Morgan fingerprint density at radius 3 is 2.17 bits per heavy atom. The first-order chi connectivity index (χ1) is 14.5. The van der Waals surface area contributed by atoms with Gasteiger partial charge in [-0.05, 0) is 79.5 Å². The summed E-state index contributed by atoms with van der Waals surface area (Å²) < 4.78 is 0. The Balaban J connectivity index is 1.45. The molecular weight excluding hydrogens is 360 g/mol. The maximum absolute atomic E-state index is 2.45. The first kappa shape index (κ1) is 19.1. The van der Waals surface area contributed by atoms with E-state index in [0.717, 1.165) is 0 Å². The summed E-state index contributed by atoms with van der Waals surface area (Å²) in [7, 11) is 0. The van der Waals surface area contributed by atoms with Gasteiger partial charge in [0.05, 0.1) is 0 Å². The smallest absolute Gasteiger partial charge is 0.00552 e. The van der Waals surface area contributed by atoms with Crippen LogP contribution in [0.25, 0.3) is 23.3 Å². The van der Waals surface area contributed by atoms with Crippen LogP contribution in [0.2, 0.25) is 0 Å². The van der Waals surface area contributed by atoms with Gasteiger partial charge < -0.3 is 0 Å². The van der Waals surface area contributed by atoms with Gasteiger partial charge >= 0.3 is 0 Å². The molecule has 0 heteroatoms. The van der Waals surface area contributed by atoms with Crippen molar-refractivity contribution in [2.45, 2.75) is 52.4 Å². The molecule has 0 radical (unpaired) electrons. The van der Waals surface area contributed by atoms with Crippen molar-refractivity contribution in [3.8, 4) is 11.1 Å². The van der Waals surface area contributed by atoms with Crippen molar-refractivity contribution in [2.75, 3.05) is 0 Å². The lowest BCUT2D eigenvalue weighted by molar-refractivity contribution is 0.611. The molecule has 0 saturated carbocycles. The molecular formula is C30H30. The first-order valence-corrected chi connectivity index (χ1v) is 11.2. The average Bonchev–Trinajstić information content (AvgIpc) is 3.23. The van der Waals surface area contributed by atoms with Crippen molar-refractivity contribution >= 4 is 12.2 Å². The quantitative estimate of drug-likeness (QED) is 0.419. The van der Waals surface area contributed by atoms with Crippen LogP contribution in [0.5, 0.6) is 0 Å². The zero-order valence-electron chi connectivity index (χ0n) is 18.5. The largest absolute Gasteiger partial charge is 0.0652 e. The third kappa shape index (κ3) is 3.16. The summed E-state index contributed by atoms with van der Waals surface area (Å²) in [6.07, 6.45) is 7.24. The van der Waals surface area contributed by atoms with Crippen LogP contribution in [0.15, 0.2) is 71.8 Å². The molecule has 3 aromatic carbocycles.